The van der Waals surface area contributed by atoms with Crippen LogP contribution in [-0.2, 0) is 19.6 Å². The molecule has 3 aromatic rings. The Hall–Kier alpha value is -2.52. The van der Waals surface area contributed by atoms with E-state index in [-0.39, 0.29) is 0 Å². The van der Waals surface area contributed by atoms with Crippen molar-refractivity contribution in [3.8, 4) is 5.75 Å². The molecule has 1 atom stereocenters. The monoisotopic (exact) mass is 391 g/mol. The van der Waals surface area contributed by atoms with Crippen LogP contribution in [0.15, 0.2) is 66.9 Å². The number of rotatable bonds is 10. The molecule has 1 heterocycles. The fourth-order valence-electron chi connectivity index (χ4n) is 3.71. The number of methoxy groups -OCH3 is 1. The van der Waals surface area contributed by atoms with Gasteiger partial charge in [0, 0.05) is 18.3 Å². The Morgan fingerprint density at radius 1 is 0.931 bits per heavy atom. The zero-order valence-corrected chi connectivity index (χ0v) is 18.3. The molecular formula is C26H35N2O+. The third-order valence-electron chi connectivity index (χ3n) is 5.49. The number of ether oxygens (including phenoxy) is 1. The Morgan fingerprint density at radius 2 is 1.72 bits per heavy atom. The Labute approximate surface area is 175 Å². The second-order valence-electron chi connectivity index (χ2n) is 8.50. The number of hydrogen-bond donors (Lipinski definition) is 1. The van der Waals surface area contributed by atoms with Crippen LogP contribution in [0, 0.1) is 12.8 Å². The molecule has 1 aromatic heterocycles. The highest BCUT2D eigenvalue weighted by molar-refractivity contribution is 5.29. The quantitative estimate of drug-likeness (QED) is 0.540. The Bertz CT molecular complexity index is 880. The van der Waals surface area contributed by atoms with Crippen molar-refractivity contribution in [1.29, 1.82) is 0 Å². The molecule has 0 radical (unpaired) electrons. The zero-order chi connectivity index (χ0) is 20.6. The standard InChI is InChI=1S/C26H34N2O/c1-21(2)14-16-27(18-23-12-10-22(3)11-13-23)20-25-8-6-15-28(25)19-24-7-5-9-26(17-24)29-4/h5-13,15,17,21H,14,16,18-20H2,1-4H3/p+1. The maximum atomic E-state index is 5.38. The lowest BCUT2D eigenvalue weighted by Gasteiger charge is -2.22. The lowest BCUT2D eigenvalue weighted by atomic mass is 10.1. The summed E-state index contributed by atoms with van der Waals surface area (Å²) in [5.41, 5.74) is 5.40. The minimum atomic E-state index is 0.728. The van der Waals surface area contributed by atoms with Gasteiger partial charge >= 0.3 is 0 Å². The molecule has 3 heteroatoms. The zero-order valence-electron chi connectivity index (χ0n) is 18.3. The van der Waals surface area contributed by atoms with Gasteiger partial charge in [0.25, 0.3) is 0 Å². The molecule has 0 fully saturated rings. The van der Waals surface area contributed by atoms with Gasteiger partial charge in [-0.1, -0.05) is 55.8 Å². The minimum absolute atomic E-state index is 0.728. The van der Waals surface area contributed by atoms with Gasteiger partial charge in [-0.25, -0.2) is 0 Å². The summed E-state index contributed by atoms with van der Waals surface area (Å²) >= 11 is 0. The van der Waals surface area contributed by atoms with Crippen molar-refractivity contribution >= 4 is 0 Å². The van der Waals surface area contributed by atoms with Crippen LogP contribution >= 0.6 is 0 Å². The lowest BCUT2D eigenvalue weighted by molar-refractivity contribution is -0.928. The van der Waals surface area contributed by atoms with Crippen LogP contribution in [0.5, 0.6) is 5.75 Å². The van der Waals surface area contributed by atoms with Gasteiger partial charge in [0.05, 0.1) is 19.3 Å². The molecule has 3 nitrogen and oxygen atoms in total. The summed E-state index contributed by atoms with van der Waals surface area (Å²) in [6.07, 6.45) is 3.44. The number of aromatic nitrogens is 1. The SMILES string of the molecule is COc1cccc(Cn2cccc2C[NH+](CCC(C)C)Cc2ccc(C)cc2)c1. The second-order valence-corrected chi connectivity index (χ2v) is 8.50. The number of hydrogen-bond acceptors (Lipinski definition) is 1. The minimum Gasteiger partial charge on any atom is -0.497 e. The van der Waals surface area contributed by atoms with Gasteiger partial charge in [0.15, 0.2) is 0 Å². The topological polar surface area (TPSA) is 18.6 Å². The molecule has 29 heavy (non-hydrogen) atoms. The van der Waals surface area contributed by atoms with E-state index in [4.69, 9.17) is 4.74 Å². The molecule has 0 aliphatic rings. The predicted molar refractivity (Wildman–Crippen MR) is 120 cm³/mol. The molecule has 0 saturated carbocycles. The van der Waals surface area contributed by atoms with E-state index < -0.39 is 0 Å². The largest absolute Gasteiger partial charge is 0.497 e. The molecule has 2 aromatic carbocycles. The van der Waals surface area contributed by atoms with Crippen LogP contribution in [-0.4, -0.2) is 18.2 Å². The first-order chi connectivity index (χ1) is 14.0. The predicted octanol–water partition coefficient (Wildman–Crippen LogP) is 4.48. The van der Waals surface area contributed by atoms with Gasteiger partial charge in [-0.05, 0) is 49.1 Å². The third kappa shape index (κ3) is 6.50. The van der Waals surface area contributed by atoms with Gasteiger partial charge in [0.1, 0.15) is 18.8 Å². The van der Waals surface area contributed by atoms with E-state index in [9.17, 15) is 0 Å². The van der Waals surface area contributed by atoms with Crippen LogP contribution in [0.2, 0.25) is 0 Å². The summed E-state index contributed by atoms with van der Waals surface area (Å²) in [4.78, 5) is 1.62. The normalized spacial score (nSPS) is 12.3. The maximum Gasteiger partial charge on any atom is 0.119 e. The number of nitrogens with one attached hydrogen (secondary N) is 1. The molecule has 0 aliphatic carbocycles. The highest BCUT2D eigenvalue weighted by atomic mass is 16.5. The lowest BCUT2D eigenvalue weighted by Crippen LogP contribution is -3.09. The van der Waals surface area contributed by atoms with Gasteiger partial charge in [-0.2, -0.15) is 0 Å². The average molecular weight is 392 g/mol. The summed E-state index contributed by atoms with van der Waals surface area (Å²) in [6, 6.07) is 21.8. The molecule has 0 bridgehead atoms. The fourth-order valence-corrected chi connectivity index (χ4v) is 3.71. The van der Waals surface area contributed by atoms with Gasteiger partial charge in [-0.15, -0.1) is 0 Å². The van der Waals surface area contributed by atoms with Crippen molar-refractivity contribution in [3.63, 3.8) is 0 Å². The summed E-state index contributed by atoms with van der Waals surface area (Å²) in [5, 5.41) is 0. The Morgan fingerprint density at radius 3 is 2.45 bits per heavy atom. The van der Waals surface area contributed by atoms with Crippen molar-refractivity contribution in [2.45, 2.75) is 46.8 Å². The van der Waals surface area contributed by atoms with Crippen LogP contribution in [0.4, 0.5) is 0 Å². The fraction of sp³-hybridized carbons (Fsp3) is 0.385. The van der Waals surface area contributed by atoms with E-state index in [2.05, 4.69) is 86.1 Å². The van der Waals surface area contributed by atoms with E-state index >= 15 is 0 Å². The summed E-state index contributed by atoms with van der Waals surface area (Å²) in [6.45, 7) is 11.0. The second kappa shape index (κ2) is 10.3. The highest BCUT2D eigenvalue weighted by Gasteiger charge is 2.14. The summed E-state index contributed by atoms with van der Waals surface area (Å²) in [7, 11) is 1.72. The van der Waals surface area contributed by atoms with Gasteiger partial charge in [0.2, 0.25) is 0 Å². The molecule has 3 rings (SSSR count). The van der Waals surface area contributed by atoms with Crippen molar-refractivity contribution in [1.82, 2.24) is 4.57 Å². The smallest absolute Gasteiger partial charge is 0.119 e. The van der Waals surface area contributed by atoms with Crippen molar-refractivity contribution in [2.24, 2.45) is 5.92 Å². The first-order valence-corrected chi connectivity index (χ1v) is 10.7. The molecule has 0 saturated heterocycles. The Kier molecular flexibility index (Phi) is 7.54. The van der Waals surface area contributed by atoms with Crippen molar-refractivity contribution in [3.05, 3.63) is 89.2 Å². The van der Waals surface area contributed by atoms with E-state index in [1.807, 2.05) is 6.07 Å². The third-order valence-corrected chi connectivity index (χ3v) is 5.49. The van der Waals surface area contributed by atoms with Crippen molar-refractivity contribution < 1.29 is 9.64 Å². The van der Waals surface area contributed by atoms with Crippen LogP contribution < -0.4 is 9.64 Å². The van der Waals surface area contributed by atoms with Gasteiger partial charge in [-0.3, -0.25) is 0 Å². The maximum absolute atomic E-state index is 5.38. The Balaban J connectivity index is 1.73. The van der Waals surface area contributed by atoms with Crippen molar-refractivity contribution in [2.75, 3.05) is 13.7 Å². The first kappa shape index (κ1) is 21.2. The van der Waals surface area contributed by atoms with E-state index in [1.165, 1.54) is 35.3 Å². The molecule has 0 aliphatic heterocycles. The van der Waals surface area contributed by atoms with E-state index in [0.717, 1.165) is 31.3 Å². The average Bonchev–Trinajstić information content (AvgIpc) is 3.14. The number of nitrogens with zero attached hydrogens (tertiary/aromatic N) is 1. The van der Waals surface area contributed by atoms with Crippen LogP contribution in [0.3, 0.4) is 0 Å². The molecular weight excluding hydrogens is 356 g/mol. The van der Waals surface area contributed by atoms with Crippen LogP contribution in [0.1, 0.15) is 42.7 Å². The number of quaternary nitrogens is 1. The molecule has 1 unspecified atom stereocenters. The highest BCUT2D eigenvalue weighted by Crippen LogP contribution is 2.15. The molecule has 154 valence electrons. The van der Waals surface area contributed by atoms with Gasteiger partial charge < -0.3 is 14.2 Å². The van der Waals surface area contributed by atoms with E-state index in [0.29, 0.717) is 0 Å². The summed E-state index contributed by atoms with van der Waals surface area (Å²) < 4.78 is 7.76. The summed E-state index contributed by atoms with van der Waals surface area (Å²) in [5.74, 6) is 1.64. The molecule has 0 spiro atoms. The molecule has 1 N–H and O–H groups in total. The van der Waals surface area contributed by atoms with E-state index in [1.54, 1.807) is 12.0 Å². The number of benzene rings is 2. The number of aryl methyl sites for hydroxylation is 1. The van der Waals surface area contributed by atoms with Crippen LogP contribution in [0.25, 0.3) is 0 Å². The first-order valence-electron chi connectivity index (χ1n) is 10.7. The molecule has 0 amide bonds.